The topological polar surface area (TPSA) is 38.0 Å². The fraction of sp³-hybridized carbons (Fsp3) is 0.333. The molecule has 1 unspecified atom stereocenters. The van der Waals surface area contributed by atoms with Gasteiger partial charge in [-0.15, -0.1) is 0 Å². The van der Waals surface area contributed by atoms with Gasteiger partial charge in [0.25, 0.3) is 0 Å². The van der Waals surface area contributed by atoms with E-state index in [1.54, 1.807) is 6.20 Å². The van der Waals surface area contributed by atoms with E-state index in [9.17, 15) is 0 Å². The molecule has 0 aromatic rings. The molecule has 0 aliphatic rings. The molecular formula is C9H16N2. The van der Waals surface area contributed by atoms with Crippen LogP contribution >= 0.6 is 0 Å². The van der Waals surface area contributed by atoms with Gasteiger partial charge in [-0.3, -0.25) is 0 Å². The quantitative estimate of drug-likeness (QED) is 0.602. The highest BCUT2D eigenvalue weighted by Gasteiger charge is 1.97. The van der Waals surface area contributed by atoms with E-state index in [0.29, 0.717) is 5.92 Å². The summed E-state index contributed by atoms with van der Waals surface area (Å²) < 4.78 is 0. The average Bonchev–Trinajstić information content (AvgIpc) is 2.00. The summed E-state index contributed by atoms with van der Waals surface area (Å²) in [6.45, 7) is 7.90. The first-order chi connectivity index (χ1) is 5.22. The van der Waals surface area contributed by atoms with E-state index in [1.165, 1.54) is 6.20 Å². The van der Waals surface area contributed by atoms with Gasteiger partial charge in [-0.1, -0.05) is 25.7 Å². The molecule has 3 N–H and O–H groups in total. The van der Waals surface area contributed by atoms with Crippen molar-refractivity contribution in [3.8, 4) is 0 Å². The Balaban J connectivity index is 3.82. The van der Waals surface area contributed by atoms with Gasteiger partial charge >= 0.3 is 0 Å². The molecule has 0 aliphatic carbocycles. The Bertz CT molecular complexity index is 168. The Kier molecular flexibility index (Phi) is 4.99. The highest BCUT2D eigenvalue weighted by atomic mass is 14.9. The molecule has 11 heavy (non-hydrogen) atoms. The lowest BCUT2D eigenvalue weighted by Crippen LogP contribution is -2.10. The lowest BCUT2D eigenvalue weighted by atomic mass is 10.1. The molecular weight excluding hydrogens is 136 g/mol. The van der Waals surface area contributed by atoms with Crippen molar-refractivity contribution in [1.29, 1.82) is 0 Å². The number of rotatable bonds is 4. The first-order valence-electron chi connectivity index (χ1n) is 3.67. The number of hydrogen-bond acceptors (Lipinski definition) is 2. The highest BCUT2D eigenvalue weighted by molar-refractivity contribution is 5.07. The van der Waals surface area contributed by atoms with Crippen molar-refractivity contribution in [2.24, 2.45) is 11.7 Å². The average molecular weight is 152 g/mol. The van der Waals surface area contributed by atoms with Crippen molar-refractivity contribution in [1.82, 2.24) is 5.32 Å². The van der Waals surface area contributed by atoms with Crippen LogP contribution in [-0.2, 0) is 0 Å². The smallest absolute Gasteiger partial charge is 0.0164 e. The van der Waals surface area contributed by atoms with Crippen molar-refractivity contribution in [3.05, 3.63) is 36.8 Å². The number of allylic oxidation sites excluding steroid dienone is 2. The van der Waals surface area contributed by atoms with Crippen LogP contribution in [0.3, 0.4) is 0 Å². The SMILES string of the molecule is C=C(N/C=C\N)C(C)/C=C/C. The number of nitrogens with two attached hydrogens (primary N) is 1. The van der Waals surface area contributed by atoms with Gasteiger partial charge in [0.05, 0.1) is 0 Å². The predicted octanol–water partition coefficient (Wildman–Crippen LogP) is 1.73. The van der Waals surface area contributed by atoms with Crippen LogP contribution in [0.5, 0.6) is 0 Å². The van der Waals surface area contributed by atoms with Crippen LogP contribution in [0.25, 0.3) is 0 Å². The van der Waals surface area contributed by atoms with Gasteiger partial charge in [-0.25, -0.2) is 0 Å². The van der Waals surface area contributed by atoms with Gasteiger partial charge in [-0.2, -0.15) is 0 Å². The Labute approximate surface area is 68.5 Å². The summed E-state index contributed by atoms with van der Waals surface area (Å²) in [4.78, 5) is 0. The highest BCUT2D eigenvalue weighted by Crippen LogP contribution is 2.05. The van der Waals surface area contributed by atoms with E-state index in [-0.39, 0.29) is 0 Å². The summed E-state index contributed by atoms with van der Waals surface area (Å²) in [6.07, 6.45) is 7.19. The molecule has 0 saturated heterocycles. The van der Waals surface area contributed by atoms with E-state index in [2.05, 4.69) is 24.9 Å². The zero-order valence-electron chi connectivity index (χ0n) is 7.17. The zero-order chi connectivity index (χ0) is 8.69. The maximum Gasteiger partial charge on any atom is 0.0164 e. The molecule has 0 aromatic carbocycles. The molecule has 0 spiro atoms. The van der Waals surface area contributed by atoms with Crippen LogP contribution in [0.15, 0.2) is 36.8 Å². The van der Waals surface area contributed by atoms with Crippen molar-refractivity contribution in [3.63, 3.8) is 0 Å². The predicted molar refractivity (Wildman–Crippen MR) is 49.6 cm³/mol. The van der Waals surface area contributed by atoms with Crippen LogP contribution in [-0.4, -0.2) is 0 Å². The summed E-state index contributed by atoms with van der Waals surface area (Å²) >= 11 is 0. The Morgan fingerprint density at radius 2 is 2.27 bits per heavy atom. The second-order valence-corrected chi connectivity index (χ2v) is 2.34. The zero-order valence-corrected chi connectivity index (χ0v) is 7.17. The third-order valence-corrected chi connectivity index (χ3v) is 1.40. The molecule has 0 rings (SSSR count). The lowest BCUT2D eigenvalue weighted by molar-refractivity contribution is 0.791. The summed E-state index contributed by atoms with van der Waals surface area (Å²) in [6, 6.07) is 0. The van der Waals surface area contributed by atoms with Crippen LogP contribution in [0.1, 0.15) is 13.8 Å². The summed E-state index contributed by atoms with van der Waals surface area (Å²) in [5.41, 5.74) is 6.10. The first-order valence-corrected chi connectivity index (χ1v) is 3.67. The molecule has 0 radical (unpaired) electrons. The molecule has 2 heteroatoms. The van der Waals surface area contributed by atoms with Crippen LogP contribution in [0.4, 0.5) is 0 Å². The van der Waals surface area contributed by atoms with Crippen molar-refractivity contribution < 1.29 is 0 Å². The minimum absolute atomic E-state index is 0.344. The molecule has 0 fully saturated rings. The Morgan fingerprint density at radius 3 is 2.73 bits per heavy atom. The standard InChI is InChI=1S/C9H16N2/c1-4-5-8(2)9(3)11-7-6-10/h4-8,11H,3,10H2,1-2H3/b5-4+,7-6-. The van der Waals surface area contributed by atoms with E-state index in [1.807, 2.05) is 13.0 Å². The van der Waals surface area contributed by atoms with Gasteiger partial charge in [0.2, 0.25) is 0 Å². The molecule has 62 valence electrons. The molecule has 0 aliphatic heterocycles. The van der Waals surface area contributed by atoms with Gasteiger partial charge in [-0.05, 0) is 6.92 Å². The Morgan fingerprint density at radius 1 is 1.64 bits per heavy atom. The van der Waals surface area contributed by atoms with E-state index >= 15 is 0 Å². The summed E-state index contributed by atoms with van der Waals surface area (Å²) in [5, 5.41) is 2.97. The largest absolute Gasteiger partial charge is 0.403 e. The monoisotopic (exact) mass is 152 g/mol. The van der Waals surface area contributed by atoms with Crippen molar-refractivity contribution in [2.75, 3.05) is 0 Å². The van der Waals surface area contributed by atoms with Crippen LogP contribution < -0.4 is 11.1 Å². The molecule has 1 atom stereocenters. The number of nitrogens with one attached hydrogen (secondary N) is 1. The normalized spacial score (nSPS) is 14.0. The Hall–Kier alpha value is -1.18. The van der Waals surface area contributed by atoms with Gasteiger partial charge < -0.3 is 11.1 Å². The molecule has 0 amide bonds. The maximum atomic E-state index is 5.15. The van der Waals surface area contributed by atoms with Crippen LogP contribution in [0, 0.1) is 5.92 Å². The first kappa shape index (κ1) is 9.82. The van der Waals surface area contributed by atoms with Crippen molar-refractivity contribution in [2.45, 2.75) is 13.8 Å². The van der Waals surface area contributed by atoms with Crippen molar-refractivity contribution >= 4 is 0 Å². The minimum atomic E-state index is 0.344. The molecule has 0 saturated carbocycles. The lowest BCUT2D eigenvalue weighted by Gasteiger charge is -2.09. The molecule has 0 aromatic heterocycles. The van der Waals surface area contributed by atoms with Gasteiger partial charge in [0.15, 0.2) is 0 Å². The fourth-order valence-corrected chi connectivity index (χ4v) is 0.691. The summed E-state index contributed by atoms with van der Waals surface area (Å²) in [7, 11) is 0. The van der Waals surface area contributed by atoms with Gasteiger partial charge in [0.1, 0.15) is 0 Å². The van der Waals surface area contributed by atoms with E-state index in [4.69, 9.17) is 5.73 Å². The van der Waals surface area contributed by atoms with Crippen LogP contribution in [0.2, 0.25) is 0 Å². The van der Waals surface area contributed by atoms with E-state index < -0.39 is 0 Å². The molecule has 0 bridgehead atoms. The number of hydrogen-bond donors (Lipinski definition) is 2. The minimum Gasteiger partial charge on any atom is -0.403 e. The van der Waals surface area contributed by atoms with Gasteiger partial charge in [0, 0.05) is 24.0 Å². The third kappa shape index (κ3) is 4.25. The maximum absolute atomic E-state index is 5.15. The second-order valence-electron chi connectivity index (χ2n) is 2.34. The third-order valence-electron chi connectivity index (χ3n) is 1.40. The fourth-order valence-electron chi connectivity index (χ4n) is 0.691. The molecule has 0 heterocycles. The van der Waals surface area contributed by atoms with E-state index in [0.717, 1.165) is 5.70 Å². The molecule has 2 nitrogen and oxygen atoms in total. The second kappa shape index (κ2) is 5.59. The summed E-state index contributed by atoms with van der Waals surface area (Å²) in [5.74, 6) is 0.344.